The van der Waals surface area contributed by atoms with Crippen molar-refractivity contribution >= 4 is 45.8 Å². The Bertz CT molecular complexity index is 1070. The highest BCUT2D eigenvalue weighted by Gasteiger charge is 2.25. The molecule has 2 aliphatic heterocycles. The molecule has 1 saturated heterocycles. The first-order chi connectivity index (χ1) is 15.0. The van der Waals surface area contributed by atoms with Gasteiger partial charge in [-0.1, -0.05) is 12.1 Å². The number of carbonyl (C=O) groups is 2. The second-order valence-electron chi connectivity index (χ2n) is 7.83. The Balaban J connectivity index is 1.49. The molecule has 3 heterocycles. The Hall–Kier alpha value is -2.84. The predicted octanol–water partition coefficient (Wildman–Crippen LogP) is 4.09. The molecule has 0 atom stereocenters. The van der Waals surface area contributed by atoms with Crippen molar-refractivity contribution in [3.05, 3.63) is 52.0 Å². The van der Waals surface area contributed by atoms with E-state index in [4.69, 9.17) is 5.73 Å². The lowest BCUT2D eigenvalue weighted by Crippen LogP contribution is -2.37. The van der Waals surface area contributed by atoms with E-state index in [1.807, 2.05) is 17.0 Å². The van der Waals surface area contributed by atoms with Gasteiger partial charge < -0.3 is 16.0 Å². The third kappa shape index (κ3) is 4.60. The van der Waals surface area contributed by atoms with Gasteiger partial charge in [-0.15, -0.1) is 11.3 Å². The minimum atomic E-state index is -0.355. The molecule has 6 nitrogen and oxygen atoms in total. The van der Waals surface area contributed by atoms with E-state index in [9.17, 15) is 14.0 Å². The summed E-state index contributed by atoms with van der Waals surface area (Å²) in [4.78, 5) is 32.3. The molecule has 1 amide bonds. The monoisotopic (exact) mass is 440 g/mol. The zero-order chi connectivity index (χ0) is 22.0. The molecule has 31 heavy (non-hydrogen) atoms. The van der Waals surface area contributed by atoms with E-state index in [-0.39, 0.29) is 17.5 Å². The summed E-state index contributed by atoms with van der Waals surface area (Å²) < 4.78 is 14.7. The summed E-state index contributed by atoms with van der Waals surface area (Å²) in [5, 5.41) is 2.85. The van der Waals surface area contributed by atoms with Gasteiger partial charge in [0, 0.05) is 19.5 Å². The van der Waals surface area contributed by atoms with Crippen LogP contribution in [0.4, 0.5) is 15.8 Å². The first-order valence-electron chi connectivity index (χ1n) is 10.4. The number of nitrogens with zero attached hydrogens (tertiary/aromatic N) is 2. The van der Waals surface area contributed by atoms with Crippen LogP contribution in [0.3, 0.4) is 0 Å². The number of hydrogen-bond donors (Lipinski definition) is 2. The number of nitrogens with one attached hydrogen (secondary N) is 1. The fraction of sp³-hybridized carbons (Fsp3) is 0.348. The van der Waals surface area contributed by atoms with Crippen molar-refractivity contribution in [2.45, 2.75) is 26.2 Å². The molecule has 2 aliphatic rings. The normalized spacial score (nSPS) is 16.8. The van der Waals surface area contributed by atoms with Crippen LogP contribution in [-0.2, 0) is 4.79 Å². The molecule has 162 valence electrons. The van der Waals surface area contributed by atoms with Gasteiger partial charge in [-0.25, -0.2) is 9.38 Å². The van der Waals surface area contributed by atoms with Gasteiger partial charge in [0.15, 0.2) is 5.78 Å². The van der Waals surface area contributed by atoms with Crippen LogP contribution in [0, 0.1) is 11.7 Å². The molecule has 0 saturated carbocycles. The van der Waals surface area contributed by atoms with E-state index in [1.54, 1.807) is 18.2 Å². The summed E-state index contributed by atoms with van der Waals surface area (Å²) in [6.07, 6.45) is 4.07. The van der Waals surface area contributed by atoms with E-state index >= 15 is 0 Å². The first kappa shape index (κ1) is 21.4. The fourth-order valence-electron chi connectivity index (χ4n) is 3.92. The number of amides is 1. The standard InChI is InChI=1S/C23H25FN4O2S/c1-14(29)20-7-8-21(31-20)17-5-6-19(26-17)23(30)27-18-4-2-3-16(24)22(18)28-11-9-15(13-25)10-12-28/h2-5,7-8,15H,6,9-13,25H2,1H3,(H,27,30). The number of nitrogens with two attached hydrogens (primary N) is 1. The van der Waals surface area contributed by atoms with E-state index in [0.29, 0.717) is 59.6 Å². The highest BCUT2D eigenvalue weighted by Crippen LogP contribution is 2.33. The van der Waals surface area contributed by atoms with Crippen LogP contribution in [0.25, 0.3) is 5.70 Å². The predicted molar refractivity (Wildman–Crippen MR) is 123 cm³/mol. The molecular formula is C23H25FN4O2S. The van der Waals surface area contributed by atoms with Crippen molar-refractivity contribution in [2.24, 2.45) is 16.6 Å². The molecule has 0 radical (unpaired) electrons. The minimum absolute atomic E-state index is 0.00548. The maximum atomic E-state index is 14.7. The van der Waals surface area contributed by atoms with Gasteiger partial charge in [-0.05, 0) is 56.5 Å². The fourth-order valence-corrected chi connectivity index (χ4v) is 4.80. The van der Waals surface area contributed by atoms with E-state index < -0.39 is 0 Å². The molecule has 4 rings (SSSR count). The third-order valence-corrected chi connectivity index (χ3v) is 6.92. The van der Waals surface area contributed by atoms with Gasteiger partial charge in [0.2, 0.25) is 0 Å². The van der Waals surface area contributed by atoms with Crippen LogP contribution >= 0.6 is 11.3 Å². The van der Waals surface area contributed by atoms with Gasteiger partial charge in [0.1, 0.15) is 11.5 Å². The van der Waals surface area contributed by atoms with Crippen LogP contribution < -0.4 is 16.0 Å². The van der Waals surface area contributed by atoms with Crippen LogP contribution in [0.15, 0.2) is 41.4 Å². The number of anilines is 2. The van der Waals surface area contributed by atoms with Crippen molar-refractivity contribution in [1.29, 1.82) is 0 Å². The Labute approximate surface area is 184 Å². The highest BCUT2D eigenvalue weighted by atomic mass is 32.1. The van der Waals surface area contributed by atoms with Gasteiger partial charge in [-0.3, -0.25) is 9.59 Å². The SMILES string of the molecule is CC(=O)c1ccc(C2=CCC(C(=O)Nc3cccc(F)c3N3CCC(CN)CC3)=N2)s1. The van der Waals surface area contributed by atoms with Gasteiger partial charge in [0.05, 0.1) is 26.8 Å². The molecule has 3 N–H and O–H groups in total. The molecule has 1 aromatic carbocycles. The minimum Gasteiger partial charge on any atom is -0.367 e. The summed E-state index contributed by atoms with van der Waals surface area (Å²) in [6, 6.07) is 8.33. The zero-order valence-electron chi connectivity index (χ0n) is 17.4. The van der Waals surface area contributed by atoms with E-state index in [2.05, 4.69) is 10.3 Å². The number of thiophene rings is 1. The number of rotatable bonds is 6. The average molecular weight is 441 g/mol. The molecule has 0 unspecified atom stereocenters. The highest BCUT2D eigenvalue weighted by molar-refractivity contribution is 7.15. The summed E-state index contributed by atoms with van der Waals surface area (Å²) in [7, 11) is 0. The second kappa shape index (κ2) is 9.11. The summed E-state index contributed by atoms with van der Waals surface area (Å²) in [6.45, 7) is 3.57. The number of carbonyl (C=O) groups excluding carboxylic acids is 2. The smallest absolute Gasteiger partial charge is 0.270 e. The number of halogens is 1. The molecule has 1 fully saturated rings. The van der Waals surface area contributed by atoms with Crippen LogP contribution in [-0.4, -0.2) is 37.0 Å². The van der Waals surface area contributed by atoms with Gasteiger partial charge in [-0.2, -0.15) is 0 Å². The zero-order valence-corrected chi connectivity index (χ0v) is 18.2. The quantitative estimate of drug-likeness (QED) is 0.663. The van der Waals surface area contributed by atoms with Gasteiger partial charge in [0.25, 0.3) is 5.91 Å². The van der Waals surface area contributed by atoms with Crippen LogP contribution in [0.2, 0.25) is 0 Å². The number of para-hydroxylation sites is 1. The molecule has 0 spiro atoms. The molecule has 0 bridgehead atoms. The lowest BCUT2D eigenvalue weighted by atomic mass is 9.96. The maximum absolute atomic E-state index is 14.7. The number of allylic oxidation sites excluding steroid dienone is 1. The number of aliphatic imine (C=N–C) groups is 1. The second-order valence-corrected chi connectivity index (χ2v) is 8.91. The lowest BCUT2D eigenvalue weighted by Gasteiger charge is -2.34. The van der Waals surface area contributed by atoms with Crippen molar-refractivity contribution < 1.29 is 14.0 Å². The van der Waals surface area contributed by atoms with Crippen molar-refractivity contribution in [3.63, 3.8) is 0 Å². The molecule has 0 aliphatic carbocycles. The van der Waals surface area contributed by atoms with Crippen molar-refractivity contribution in [3.8, 4) is 0 Å². The number of Topliss-reactive ketones (excluding diaryl/α,β-unsaturated/α-hetero) is 1. The largest absolute Gasteiger partial charge is 0.367 e. The van der Waals surface area contributed by atoms with E-state index in [1.165, 1.54) is 24.3 Å². The van der Waals surface area contributed by atoms with Crippen LogP contribution in [0.1, 0.15) is 40.7 Å². The molecule has 8 heteroatoms. The van der Waals surface area contributed by atoms with Gasteiger partial charge >= 0.3 is 0 Å². The average Bonchev–Trinajstić information content (AvgIpc) is 3.44. The van der Waals surface area contributed by atoms with Crippen molar-refractivity contribution in [2.75, 3.05) is 29.9 Å². The summed E-state index contributed by atoms with van der Waals surface area (Å²) in [5.74, 6) is -0.241. The molecule has 2 aromatic rings. The number of piperidine rings is 1. The van der Waals surface area contributed by atoms with E-state index in [0.717, 1.165) is 17.7 Å². The first-order valence-corrected chi connectivity index (χ1v) is 11.2. The molecule has 1 aromatic heterocycles. The maximum Gasteiger partial charge on any atom is 0.270 e. The number of benzene rings is 1. The lowest BCUT2D eigenvalue weighted by molar-refractivity contribution is -0.110. The topological polar surface area (TPSA) is 87.8 Å². The summed E-state index contributed by atoms with van der Waals surface area (Å²) in [5.41, 5.74) is 7.69. The summed E-state index contributed by atoms with van der Waals surface area (Å²) >= 11 is 1.36. The van der Waals surface area contributed by atoms with Crippen molar-refractivity contribution in [1.82, 2.24) is 0 Å². The Kier molecular flexibility index (Phi) is 6.29. The number of hydrogen-bond acceptors (Lipinski definition) is 6. The number of ketones is 1. The van der Waals surface area contributed by atoms with Crippen LogP contribution in [0.5, 0.6) is 0 Å². The Morgan fingerprint density at radius 1 is 1.26 bits per heavy atom. The Morgan fingerprint density at radius 2 is 2.03 bits per heavy atom. The third-order valence-electron chi connectivity index (χ3n) is 5.71. The molecular weight excluding hydrogens is 415 g/mol. The Morgan fingerprint density at radius 3 is 2.71 bits per heavy atom.